The van der Waals surface area contributed by atoms with Gasteiger partial charge in [-0.05, 0) is 13.3 Å². The molecular formula is C7H8N2O3. The smallest absolute Gasteiger partial charge is 0.307 e. The molecule has 0 aromatic carbocycles. The van der Waals surface area contributed by atoms with Crippen molar-refractivity contribution in [3.63, 3.8) is 0 Å². The molecule has 0 unspecified atom stereocenters. The van der Waals surface area contributed by atoms with E-state index < -0.39 is 5.97 Å². The number of rotatable bonds is 2. The molecule has 1 aliphatic rings. The summed E-state index contributed by atoms with van der Waals surface area (Å²) in [4.78, 5) is 14.4. The minimum Gasteiger partial charge on any atom is -0.481 e. The van der Waals surface area contributed by atoms with Crippen molar-refractivity contribution in [3.05, 3.63) is 11.7 Å². The molecule has 1 heterocycles. The number of aliphatic carboxylic acids is 1. The molecule has 0 saturated heterocycles. The number of hydrogen-bond donors (Lipinski definition) is 1. The maximum atomic E-state index is 10.5. The van der Waals surface area contributed by atoms with Crippen molar-refractivity contribution in [2.24, 2.45) is 5.92 Å². The molecule has 1 fully saturated rings. The normalized spacial score (nSPS) is 27.1. The van der Waals surface area contributed by atoms with Crippen LogP contribution >= 0.6 is 0 Å². The van der Waals surface area contributed by atoms with Crippen LogP contribution in [-0.4, -0.2) is 21.2 Å². The van der Waals surface area contributed by atoms with E-state index in [1.807, 2.05) is 0 Å². The second-order valence-corrected chi connectivity index (χ2v) is 2.97. The van der Waals surface area contributed by atoms with E-state index in [-0.39, 0.29) is 11.8 Å². The molecule has 1 aliphatic carbocycles. The second kappa shape index (κ2) is 2.30. The lowest BCUT2D eigenvalue weighted by atomic mass is 10.3. The molecule has 1 aromatic heterocycles. The number of carbonyl (C=O) groups is 1. The fourth-order valence-corrected chi connectivity index (χ4v) is 1.20. The number of carboxylic acid groups (broad SMARTS) is 1. The zero-order valence-corrected chi connectivity index (χ0v) is 6.52. The number of aryl methyl sites for hydroxylation is 1. The minimum absolute atomic E-state index is 0.0521. The van der Waals surface area contributed by atoms with Crippen molar-refractivity contribution in [1.29, 1.82) is 0 Å². The fraction of sp³-hybridized carbons (Fsp3) is 0.571. The Morgan fingerprint density at radius 1 is 1.75 bits per heavy atom. The van der Waals surface area contributed by atoms with Gasteiger partial charge in [0.2, 0.25) is 5.89 Å². The van der Waals surface area contributed by atoms with Gasteiger partial charge in [-0.15, -0.1) is 0 Å². The Hall–Kier alpha value is -1.39. The number of nitrogens with zero attached hydrogens (tertiary/aromatic N) is 2. The molecule has 0 amide bonds. The third-order valence-corrected chi connectivity index (χ3v) is 1.97. The summed E-state index contributed by atoms with van der Waals surface area (Å²) in [6.45, 7) is 1.71. The van der Waals surface area contributed by atoms with Crippen LogP contribution in [0.1, 0.15) is 24.1 Å². The standard InChI is InChI=1S/C7H8N2O3/c1-3-8-6(12-9-3)4-2-5(4)7(10)11/h4-5H,2H2,1H3,(H,10,11)/t4-,5+/m1/s1. The Morgan fingerprint density at radius 2 is 2.50 bits per heavy atom. The Bertz CT molecular complexity index is 320. The molecule has 1 N–H and O–H groups in total. The number of carboxylic acids is 1. The fourth-order valence-electron chi connectivity index (χ4n) is 1.20. The van der Waals surface area contributed by atoms with Crippen LogP contribution < -0.4 is 0 Å². The van der Waals surface area contributed by atoms with Crippen LogP contribution in [0.5, 0.6) is 0 Å². The molecule has 0 radical (unpaired) electrons. The van der Waals surface area contributed by atoms with Crippen LogP contribution in [0.25, 0.3) is 0 Å². The van der Waals surface area contributed by atoms with Crippen LogP contribution in [0.2, 0.25) is 0 Å². The zero-order chi connectivity index (χ0) is 8.72. The van der Waals surface area contributed by atoms with Crippen molar-refractivity contribution in [1.82, 2.24) is 10.1 Å². The first-order valence-corrected chi connectivity index (χ1v) is 3.71. The van der Waals surface area contributed by atoms with E-state index in [1.54, 1.807) is 6.92 Å². The summed E-state index contributed by atoms with van der Waals surface area (Å²) in [5.41, 5.74) is 0. The summed E-state index contributed by atoms with van der Waals surface area (Å²) in [7, 11) is 0. The molecule has 0 bridgehead atoms. The Balaban J connectivity index is 2.10. The molecule has 2 atom stereocenters. The zero-order valence-electron chi connectivity index (χ0n) is 6.52. The van der Waals surface area contributed by atoms with Gasteiger partial charge < -0.3 is 9.63 Å². The van der Waals surface area contributed by atoms with Crippen molar-refractivity contribution in [3.8, 4) is 0 Å². The summed E-state index contributed by atoms with van der Waals surface area (Å²) in [6, 6.07) is 0. The maximum Gasteiger partial charge on any atom is 0.307 e. The lowest BCUT2D eigenvalue weighted by Crippen LogP contribution is -1.98. The Morgan fingerprint density at radius 3 is 2.92 bits per heavy atom. The van der Waals surface area contributed by atoms with E-state index in [0.717, 1.165) is 0 Å². The molecule has 1 saturated carbocycles. The third-order valence-electron chi connectivity index (χ3n) is 1.97. The average molecular weight is 168 g/mol. The highest BCUT2D eigenvalue weighted by atomic mass is 16.5. The summed E-state index contributed by atoms with van der Waals surface area (Å²) in [6.07, 6.45) is 0.622. The highest BCUT2D eigenvalue weighted by Crippen LogP contribution is 2.46. The van der Waals surface area contributed by atoms with Crippen molar-refractivity contribution < 1.29 is 14.4 Å². The van der Waals surface area contributed by atoms with Gasteiger partial charge in [0.15, 0.2) is 5.82 Å². The molecule has 0 aliphatic heterocycles. The van der Waals surface area contributed by atoms with E-state index in [1.165, 1.54) is 0 Å². The van der Waals surface area contributed by atoms with Gasteiger partial charge in [-0.3, -0.25) is 4.79 Å². The van der Waals surface area contributed by atoms with Gasteiger partial charge in [-0.1, -0.05) is 5.16 Å². The first-order chi connectivity index (χ1) is 5.68. The molecule has 64 valence electrons. The molecule has 5 nitrogen and oxygen atoms in total. The summed E-state index contributed by atoms with van der Waals surface area (Å²) in [5, 5.41) is 12.2. The quantitative estimate of drug-likeness (QED) is 0.698. The monoisotopic (exact) mass is 168 g/mol. The lowest BCUT2D eigenvalue weighted by Gasteiger charge is -1.85. The van der Waals surface area contributed by atoms with E-state index in [4.69, 9.17) is 9.63 Å². The van der Waals surface area contributed by atoms with Gasteiger partial charge in [0.25, 0.3) is 0 Å². The third kappa shape index (κ3) is 1.07. The summed E-state index contributed by atoms with van der Waals surface area (Å²) in [5.74, 6) is -0.134. The van der Waals surface area contributed by atoms with Crippen LogP contribution in [0.15, 0.2) is 4.52 Å². The number of hydrogen-bond acceptors (Lipinski definition) is 4. The predicted octanol–water partition coefficient (Wildman–Crippen LogP) is 0.566. The van der Waals surface area contributed by atoms with Crippen molar-refractivity contribution in [2.75, 3.05) is 0 Å². The highest BCUT2D eigenvalue weighted by Gasteiger charge is 2.47. The minimum atomic E-state index is -0.782. The molecule has 2 rings (SSSR count). The predicted molar refractivity (Wildman–Crippen MR) is 37.5 cm³/mol. The van der Waals surface area contributed by atoms with Gasteiger partial charge in [-0.2, -0.15) is 4.98 Å². The van der Waals surface area contributed by atoms with Gasteiger partial charge in [-0.25, -0.2) is 0 Å². The molecule has 1 aromatic rings. The largest absolute Gasteiger partial charge is 0.481 e. The highest BCUT2D eigenvalue weighted by molar-refractivity contribution is 5.74. The molecule has 5 heteroatoms. The Kier molecular flexibility index (Phi) is 1.39. The van der Waals surface area contributed by atoms with Crippen molar-refractivity contribution >= 4 is 5.97 Å². The summed E-state index contributed by atoms with van der Waals surface area (Å²) < 4.78 is 4.84. The van der Waals surface area contributed by atoms with Gasteiger partial charge >= 0.3 is 5.97 Å². The molecule has 12 heavy (non-hydrogen) atoms. The van der Waals surface area contributed by atoms with E-state index in [0.29, 0.717) is 18.1 Å². The summed E-state index contributed by atoms with van der Waals surface area (Å²) >= 11 is 0. The first-order valence-electron chi connectivity index (χ1n) is 3.71. The first kappa shape index (κ1) is 7.27. The van der Waals surface area contributed by atoms with Gasteiger partial charge in [0.1, 0.15) is 0 Å². The van der Waals surface area contributed by atoms with E-state index >= 15 is 0 Å². The molecule has 0 spiro atoms. The topological polar surface area (TPSA) is 76.2 Å². The second-order valence-electron chi connectivity index (χ2n) is 2.97. The SMILES string of the molecule is Cc1noc([C@@H]2C[C@@H]2C(=O)O)n1. The molecular weight excluding hydrogens is 160 g/mol. The van der Waals surface area contributed by atoms with E-state index in [9.17, 15) is 4.79 Å². The average Bonchev–Trinajstić information content (AvgIpc) is 2.70. The number of aromatic nitrogens is 2. The van der Waals surface area contributed by atoms with Gasteiger partial charge in [0.05, 0.1) is 11.8 Å². The van der Waals surface area contributed by atoms with Gasteiger partial charge in [0, 0.05) is 0 Å². The lowest BCUT2D eigenvalue weighted by molar-refractivity contribution is -0.138. The van der Waals surface area contributed by atoms with Crippen LogP contribution in [0.3, 0.4) is 0 Å². The van der Waals surface area contributed by atoms with Crippen LogP contribution in [0.4, 0.5) is 0 Å². The van der Waals surface area contributed by atoms with Crippen LogP contribution in [-0.2, 0) is 4.79 Å². The Labute approximate surface area is 68.4 Å². The van der Waals surface area contributed by atoms with Crippen LogP contribution in [0, 0.1) is 12.8 Å². The van der Waals surface area contributed by atoms with Crippen molar-refractivity contribution in [2.45, 2.75) is 19.3 Å². The maximum absolute atomic E-state index is 10.5. The van der Waals surface area contributed by atoms with E-state index in [2.05, 4.69) is 10.1 Å².